The summed E-state index contributed by atoms with van der Waals surface area (Å²) in [5, 5.41) is 2.41. The predicted molar refractivity (Wildman–Crippen MR) is 284 cm³/mol. The number of carbonyl (C=O) groups is 13. The largest absolute Gasteiger partial charge is 0.497 e. The molecule has 0 spiro atoms. The number of hydrogen-bond acceptors (Lipinski definition) is 28. The number of rotatable bonds is 18. The van der Waals surface area contributed by atoms with Gasteiger partial charge in [0.15, 0.2) is 72.3 Å². The van der Waals surface area contributed by atoms with Crippen molar-refractivity contribution in [3.63, 3.8) is 0 Å². The fourth-order valence-corrected chi connectivity index (χ4v) is 10.5. The second-order valence-corrected chi connectivity index (χ2v) is 20.0. The molecule has 0 bridgehead atoms. The zero-order chi connectivity index (χ0) is 64.2. The molecule has 3 aromatic carbocycles. The van der Waals surface area contributed by atoms with Gasteiger partial charge in [-0.3, -0.25) is 62.3 Å². The van der Waals surface area contributed by atoms with Crippen LogP contribution in [0.2, 0.25) is 0 Å². The third kappa shape index (κ3) is 14.2. The van der Waals surface area contributed by atoms with Gasteiger partial charge in [-0.15, -0.1) is 0 Å². The number of esters is 10. The summed E-state index contributed by atoms with van der Waals surface area (Å²) >= 11 is 0. The standard InChI is InChI=1S/C58H61NO28/c1-14-74-39(69)19-59-56(72)40-21(2)15-35-42(51(40)82-28(9)65)43-36(18-34-44(52(43)83-29(10)66)46(71)33-16-32(73-13)17-37(77-23(4)60)41(33)45(34)70)48(80-26(7)63)49(35)86-58-55(85-31(12)68)53(47(22(3)76-58)79-25(6)62)87-57-54(84-30(11)67)50(81-27(8)64)38(20-75-57)78-24(5)61/h15-18,22,38,47-50,53-55,57-58H,14,19-20H2,1-13H3,(H,59,72)/t22-,38-,47+,48+,49+,50+,53+,54-,55-,57+,58+/m1/s1. The molecule has 2 aliphatic carbocycles. The zero-order valence-corrected chi connectivity index (χ0v) is 49.2. The maximum atomic E-state index is 15.2. The number of fused-ring (bicyclic) bond motifs is 5. The van der Waals surface area contributed by atoms with Gasteiger partial charge in [0, 0.05) is 96.2 Å². The molecule has 3 aromatic rings. The highest BCUT2D eigenvalue weighted by Gasteiger charge is 2.57. The van der Waals surface area contributed by atoms with Crippen LogP contribution >= 0.6 is 0 Å². The molecule has 4 aliphatic rings. The van der Waals surface area contributed by atoms with Crippen molar-refractivity contribution in [2.75, 3.05) is 26.9 Å². The number of aryl methyl sites for hydroxylation is 1. The molecule has 1 amide bonds. The third-order valence-electron chi connectivity index (χ3n) is 13.4. The topological polar surface area (TPSA) is 372 Å². The predicted octanol–water partition coefficient (Wildman–Crippen LogP) is 3.34. The summed E-state index contributed by atoms with van der Waals surface area (Å²) < 4.78 is 87.7. The normalized spacial score (nSPS) is 23.3. The van der Waals surface area contributed by atoms with Gasteiger partial charge in [0.2, 0.25) is 0 Å². The van der Waals surface area contributed by atoms with Crippen molar-refractivity contribution in [3.8, 4) is 34.1 Å². The summed E-state index contributed by atoms with van der Waals surface area (Å²) in [7, 11) is 1.23. The van der Waals surface area contributed by atoms with Crippen molar-refractivity contribution in [2.45, 2.75) is 151 Å². The highest BCUT2D eigenvalue weighted by molar-refractivity contribution is 6.31. The Morgan fingerprint density at radius 1 is 0.540 bits per heavy atom. The van der Waals surface area contributed by atoms with Gasteiger partial charge in [-0.2, -0.15) is 0 Å². The molecule has 29 heteroatoms. The van der Waals surface area contributed by atoms with Crippen molar-refractivity contribution in [1.29, 1.82) is 0 Å². The fourth-order valence-electron chi connectivity index (χ4n) is 10.5. The minimum absolute atomic E-state index is 0.0618. The Labute approximate surface area is 494 Å². The van der Waals surface area contributed by atoms with E-state index in [4.69, 9.17) is 71.1 Å². The Hall–Kier alpha value is -9.19. The zero-order valence-electron chi connectivity index (χ0n) is 49.2. The first kappa shape index (κ1) is 65.4. The maximum Gasteiger partial charge on any atom is 0.325 e. The molecule has 11 atom stereocenters. The molecule has 0 aromatic heterocycles. The quantitative estimate of drug-likeness (QED) is 0.0848. The number of ether oxygens (including phenoxy) is 15. The lowest BCUT2D eigenvalue weighted by atomic mass is 9.73. The summed E-state index contributed by atoms with van der Waals surface area (Å²) in [6, 6.07) is 4.65. The molecule has 2 aliphatic heterocycles. The molecular formula is C58H61NO28. The summed E-state index contributed by atoms with van der Waals surface area (Å²) in [4.78, 5) is 175. The lowest BCUT2D eigenvalue weighted by molar-refractivity contribution is -0.355. The SMILES string of the molecule is CCOC(=O)CNC(=O)c1c(C)cc2c(c1OC(C)=O)-c1c(cc3c(c1OC(C)=O)C(=O)c1cc(OC)cc(OC(C)=O)c1C3=O)[C@H](OC(C)=O)[C@H]2O[C@@H]1O[C@H](C)[C@H](OC(C)=O)[C@H](O[C@@H]2OC[C@@H](OC(C)=O)[C@H](OC(C)=O)[C@H]2OC(C)=O)[C@H]1OC(C)=O. The van der Waals surface area contributed by atoms with Crippen molar-refractivity contribution >= 4 is 77.2 Å². The first-order chi connectivity index (χ1) is 41.0. The van der Waals surface area contributed by atoms with E-state index < -0.39 is 214 Å². The van der Waals surface area contributed by atoms with Gasteiger partial charge < -0.3 is 76.4 Å². The van der Waals surface area contributed by atoms with Crippen LogP contribution in [0.3, 0.4) is 0 Å². The molecule has 0 unspecified atom stereocenters. The second kappa shape index (κ2) is 27.0. The van der Waals surface area contributed by atoms with E-state index in [1.54, 1.807) is 0 Å². The summed E-state index contributed by atoms with van der Waals surface area (Å²) in [5.74, 6) is -14.9. The summed E-state index contributed by atoms with van der Waals surface area (Å²) in [6.45, 7) is 11.8. The highest BCUT2D eigenvalue weighted by Crippen LogP contribution is 2.59. The van der Waals surface area contributed by atoms with Crippen LogP contribution in [0.4, 0.5) is 0 Å². The van der Waals surface area contributed by atoms with Crippen LogP contribution in [-0.2, 0) is 100 Å². The lowest BCUT2D eigenvalue weighted by Crippen LogP contribution is -2.65. The van der Waals surface area contributed by atoms with Crippen LogP contribution in [-0.4, -0.2) is 159 Å². The lowest BCUT2D eigenvalue weighted by Gasteiger charge is -2.48. The van der Waals surface area contributed by atoms with Gasteiger partial charge in [-0.05, 0) is 44.0 Å². The molecule has 0 radical (unpaired) electrons. The van der Waals surface area contributed by atoms with Gasteiger partial charge in [-0.25, -0.2) is 0 Å². The van der Waals surface area contributed by atoms with Gasteiger partial charge in [0.25, 0.3) is 5.91 Å². The van der Waals surface area contributed by atoms with E-state index in [0.717, 1.165) is 80.5 Å². The van der Waals surface area contributed by atoms with Crippen molar-refractivity contribution in [3.05, 3.63) is 68.8 Å². The Morgan fingerprint density at radius 2 is 1.06 bits per heavy atom. The van der Waals surface area contributed by atoms with E-state index >= 15 is 9.59 Å². The average molecular weight is 1220 g/mol. The third-order valence-corrected chi connectivity index (χ3v) is 13.4. The van der Waals surface area contributed by atoms with E-state index in [1.807, 2.05) is 0 Å². The number of hydrogen-bond donors (Lipinski definition) is 1. The molecule has 29 nitrogen and oxygen atoms in total. The molecule has 2 fully saturated rings. The van der Waals surface area contributed by atoms with Crippen molar-refractivity contribution in [2.24, 2.45) is 0 Å². The highest BCUT2D eigenvalue weighted by atomic mass is 16.8. The van der Waals surface area contributed by atoms with Gasteiger partial charge in [0.05, 0.1) is 43.1 Å². The van der Waals surface area contributed by atoms with Crippen LogP contribution in [0.15, 0.2) is 24.3 Å². The molecule has 87 heavy (non-hydrogen) atoms. The Bertz CT molecular complexity index is 3380. The number of amides is 1. The van der Waals surface area contributed by atoms with Crippen LogP contribution in [0.1, 0.15) is 147 Å². The molecule has 1 N–H and O–H groups in total. The monoisotopic (exact) mass is 1220 g/mol. The fraction of sp³-hybridized carbons (Fsp3) is 0.466. The minimum Gasteiger partial charge on any atom is -0.497 e. The Kier molecular flexibility index (Phi) is 20.3. The Balaban J connectivity index is 1.54. The van der Waals surface area contributed by atoms with Crippen LogP contribution < -0.4 is 24.3 Å². The molecule has 7 rings (SSSR count). The van der Waals surface area contributed by atoms with Crippen molar-refractivity contribution < 1.29 is 133 Å². The average Bonchev–Trinajstić information content (AvgIpc) is 0.790. The van der Waals surface area contributed by atoms with Gasteiger partial charge in [0.1, 0.15) is 30.3 Å². The molecule has 0 saturated carbocycles. The van der Waals surface area contributed by atoms with Crippen LogP contribution in [0.5, 0.6) is 23.0 Å². The smallest absolute Gasteiger partial charge is 0.325 e. The van der Waals surface area contributed by atoms with E-state index in [1.165, 1.54) is 33.9 Å². The van der Waals surface area contributed by atoms with E-state index in [9.17, 15) is 52.7 Å². The first-order valence-electron chi connectivity index (χ1n) is 26.8. The molecular weight excluding hydrogens is 1160 g/mol. The van der Waals surface area contributed by atoms with Crippen LogP contribution in [0.25, 0.3) is 11.1 Å². The van der Waals surface area contributed by atoms with E-state index in [-0.39, 0.29) is 29.0 Å². The van der Waals surface area contributed by atoms with Gasteiger partial charge >= 0.3 is 59.7 Å². The Morgan fingerprint density at radius 3 is 1.62 bits per heavy atom. The second-order valence-electron chi connectivity index (χ2n) is 20.0. The maximum absolute atomic E-state index is 15.2. The number of nitrogens with one attached hydrogen (secondary N) is 1. The number of carbonyl (C=O) groups excluding carboxylic acids is 13. The van der Waals surface area contributed by atoms with Gasteiger partial charge in [-0.1, -0.05) is 6.07 Å². The molecule has 2 heterocycles. The number of ketones is 2. The number of methoxy groups -OCH3 is 1. The van der Waals surface area contributed by atoms with E-state index in [2.05, 4.69) is 5.32 Å². The van der Waals surface area contributed by atoms with Crippen molar-refractivity contribution in [1.82, 2.24) is 5.32 Å². The number of benzene rings is 3. The van der Waals surface area contributed by atoms with E-state index in [0.29, 0.717) is 0 Å². The van der Waals surface area contributed by atoms with Crippen LogP contribution in [0, 0.1) is 6.92 Å². The summed E-state index contributed by atoms with van der Waals surface area (Å²) in [5.41, 5.74) is -4.07. The first-order valence-corrected chi connectivity index (χ1v) is 26.8. The molecule has 466 valence electrons. The minimum atomic E-state index is -2.04. The summed E-state index contributed by atoms with van der Waals surface area (Å²) in [6.07, 6.45) is -19.5. The molecule has 2 saturated heterocycles.